The summed E-state index contributed by atoms with van der Waals surface area (Å²) in [4.78, 5) is 0. The van der Waals surface area contributed by atoms with Crippen molar-refractivity contribution in [2.24, 2.45) is 0 Å². The fraction of sp³-hybridized carbons (Fsp3) is 1.00. The molecule has 0 bridgehead atoms. The molecule has 1 heterocycles. The van der Waals surface area contributed by atoms with Crippen LogP contribution in [0, 0.1) is 0 Å². The molecule has 2 atom stereocenters. The van der Waals surface area contributed by atoms with Crippen molar-refractivity contribution in [1.29, 1.82) is 0 Å². The molecule has 1 aliphatic rings. The molecule has 0 unspecified atom stereocenters. The Morgan fingerprint density at radius 2 is 1.87 bits per heavy atom. The maximum atomic E-state index is 12.1. The van der Waals surface area contributed by atoms with Crippen LogP contribution in [0.15, 0.2) is 0 Å². The molecule has 1 fully saturated rings. The highest BCUT2D eigenvalue weighted by Crippen LogP contribution is 2.22. The summed E-state index contributed by atoms with van der Waals surface area (Å²) in [7, 11) is -1.83. The molecular weight excluding hydrogens is 216 g/mol. The van der Waals surface area contributed by atoms with Crippen molar-refractivity contribution in [3.05, 3.63) is 0 Å². The fourth-order valence-corrected chi connectivity index (χ4v) is 3.07. The summed E-state index contributed by atoms with van der Waals surface area (Å²) < 4.78 is 24.6. The number of aliphatic hydroxyl groups excluding tert-OH is 1. The van der Waals surface area contributed by atoms with Gasteiger partial charge in [-0.15, -0.1) is 0 Å². The predicted molar refractivity (Wildman–Crippen MR) is 59.1 cm³/mol. The van der Waals surface area contributed by atoms with Gasteiger partial charge in [0.05, 0.1) is 16.9 Å². The summed E-state index contributed by atoms with van der Waals surface area (Å²) in [5.41, 5.74) is 0. The van der Waals surface area contributed by atoms with Gasteiger partial charge in [0.2, 0.25) is 10.0 Å². The second-order valence-corrected chi connectivity index (χ2v) is 7.68. The Kier molecular flexibility index (Phi) is 3.45. The van der Waals surface area contributed by atoms with Gasteiger partial charge in [0.25, 0.3) is 0 Å². The lowest BCUT2D eigenvalue weighted by molar-refractivity contribution is 0.135. The van der Waals surface area contributed by atoms with E-state index >= 15 is 0 Å². The third-order valence-corrected chi connectivity index (χ3v) is 5.35. The molecule has 0 saturated carbocycles. The molecule has 0 amide bonds. The van der Waals surface area contributed by atoms with Gasteiger partial charge in [0.15, 0.2) is 0 Å². The largest absolute Gasteiger partial charge is 0.390 e. The van der Waals surface area contributed by atoms with Crippen LogP contribution in [0.3, 0.4) is 0 Å². The van der Waals surface area contributed by atoms with Crippen molar-refractivity contribution < 1.29 is 13.5 Å². The van der Waals surface area contributed by atoms with Crippen LogP contribution in [-0.4, -0.2) is 54.9 Å². The number of rotatable bonds is 2. The number of β-amino-alcohol motifs (C(OH)–C–C–N with tert-alkyl or cyclic N) is 1. The van der Waals surface area contributed by atoms with E-state index in [2.05, 4.69) is 5.32 Å². The van der Waals surface area contributed by atoms with E-state index in [0.29, 0.717) is 13.1 Å². The average Bonchev–Trinajstić information content (AvgIpc) is 2.48. The smallest absolute Gasteiger partial charge is 0.219 e. The van der Waals surface area contributed by atoms with Gasteiger partial charge >= 0.3 is 0 Å². The Morgan fingerprint density at radius 3 is 2.20 bits per heavy atom. The Bertz CT molecular complexity index is 321. The zero-order valence-corrected chi connectivity index (χ0v) is 10.5. The van der Waals surface area contributed by atoms with Gasteiger partial charge < -0.3 is 10.4 Å². The molecule has 0 radical (unpaired) electrons. The van der Waals surface area contributed by atoms with E-state index in [-0.39, 0.29) is 6.04 Å². The van der Waals surface area contributed by atoms with Crippen molar-refractivity contribution >= 4 is 10.0 Å². The quantitative estimate of drug-likeness (QED) is 0.670. The van der Waals surface area contributed by atoms with E-state index in [1.54, 1.807) is 20.8 Å². The molecule has 6 heteroatoms. The normalized spacial score (nSPS) is 28.7. The third kappa shape index (κ3) is 2.33. The van der Waals surface area contributed by atoms with Gasteiger partial charge in [-0.3, -0.25) is 0 Å². The van der Waals surface area contributed by atoms with E-state index < -0.39 is 20.9 Å². The summed E-state index contributed by atoms with van der Waals surface area (Å²) in [6, 6.07) is -0.353. The van der Waals surface area contributed by atoms with Crippen LogP contribution in [-0.2, 0) is 10.0 Å². The minimum absolute atomic E-state index is 0.353. The van der Waals surface area contributed by atoms with E-state index in [4.69, 9.17) is 0 Å². The van der Waals surface area contributed by atoms with Crippen LogP contribution >= 0.6 is 0 Å². The van der Waals surface area contributed by atoms with Crippen LogP contribution in [0.5, 0.6) is 0 Å². The first-order chi connectivity index (χ1) is 6.68. The second kappa shape index (κ2) is 4.01. The van der Waals surface area contributed by atoms with E-state index in [1.807, 2.05) is 0 Å². The lowest BCUT2D eigenvalue weighted by atomic mass is 10.2. The number of likely N-dealkylation sites (N-methyl/N-ethyl adjacent to an activating group) is 1. The molecule has 0 aliphatic carbocycles. The molecule has 0 aromatic heterocycles. The Hall–Kier alpha value is -0.170. The number of hydrogen-bond donors (Lipinski definition) is 2. The van der Waals surface area contributed by atoms with Crippen LogP contribution in [0.4, 0.5) is 0 Å². The molecule has 5 nitrogen and oxygen atoms in total. The Labute approximate surface area is 91.5 Å². The SMILES string of the molecule is CN([C@H]1CNC[C@@H]1O)S(=O)(=O)C(C)(C)C. The molecule has 0 aromatic rings. The molecule has 1 rings (SSSR count). The minimum atomic E-state index is -3.36. The summed E-state index contributed by atoms with van der Waals surface area (Å²) in [5.74, 6) is 0. The number of sulfonamides is 1. The first-order valence-corrected chi connectivity index (χ1v) is 6.48. The van der Waals surface area contributed by atoms with Gasteiger partial charge in [0.1, 0.15) is 0 Å². The summed E-state index contributed by atoms with van der Waals surface area (Å²) in [5, 5.41) is 12.6. The van der Waals surface area contributed by atoms with Gasteiger partial charge in [-0.25, -0.2) is 8.42 Å². The molecular formula is C9H20N2O3S. The van der Waals surface area contributed by atoms with Crippen molar-refractivity contribution in [1.82, 2.24) is 9.62 Å². The topological polar surface area (TPSA) is 69.6 Å². The number of nitrogens with zero attached hydrogens (tertiary/aromatic N) is 1. The number of hydrogen-bond acceptors (Lipinski definition) is 4. The van der Waals surface area contributed by atoms with E-state index in [9.17, 15) is 13.5 Å². The van der Waals surface area contributed by atoms with Gasteiger partial charge in [-0.05, 0) is 20.8 Å². The maximum Gasteiger partial charge on any atom is 0.219 e. The lowest BCUT2D eigenvalue weighted by Gasteiger charge is -2.32. The summed E-state index contributed by atoms with van der Waals surface area (Å²) in [6.45, 7) is 5.94. The Balaban J connectivity index is 2.89. The zero-order valence-electron chi connectivity index (χ0n) is 9.69. The zero-order chi connectivity index (χ0) is 11.9. The Morgan fingerprint density at radius 1 is 1.33 bits per heavy atom. The summed E-state index contributed by atoms with van der Waals surface area (Å²) >= 11 is 0. The van der Waals surface area contributed by atoms with Crippen molar-refractivity contribution in [3.8, 4) is 0 Å². The average molecular weight is 236 g/mol. The van der Waals surface area contributed by atoms with Gasteiger partial charge in [0, 0.05) is 20.1 Å². The first-order valence-electron chi connectivity index (χ1n) is 5.04. The summed E-state index contributed by atoms with van der Waals surface area (Å²) in [6.07, 6.45) is -0.618. The van der Waals surface area contributed by atoms with Crippen molar-refractivity contribution in [2.45, 2.75) is 37.7 Å². The molecule has 15 heavy (non-hydrogen) atoms. The minimum Gasteiger partial charge on any atom is -0.390 e. The molecule has 90 valence electrons. The van der Waals surface area contributed by atoms with Crippen molar-refractivity contribution in [2.75, 3.05) is 20.1 Å². The van der Waals surface area contributed by atoms with E-state index in [0.717, 1.165) is 0 Å². The van der Waals surface area contributed by atoms with Crippen LogP contribution in [0.1, 0.15) is 20.8 Å². The highest BCUT2D eigenvalue weighted by atomic mass is 32.2. The number of nitrogens with one attached hydrogen (secondary N) is 1. The fourth-order valence-electron chi connectivity index (χ4n) is 1.63. The monoisotopic (exact) mass is 236 g/mol. The standard InChI is InChI=1S/C9H20N2O3S/c1-9(2,3)15(13,14)11(4)7-5-10-6-8(7)12/h7-8,10,12H,5-6H2,1-4H3/t7-,8-/m0/s1. The highest BCUT2D eigenvalue weighted by molar-refractivity contribution is 7.90. The molecule has 1 aliphatic heterocycles. The molecule has 0 aromatic carbocycles. The second-order valence-electron chi connectivity index (χ2n) is 4.93. The van der Waals surface area contributed by atoms with Crippen LogP contribution in [0.25, 0.3) is 0 Å². The van der Waals surface area contributed by atoms with Crippen LogP contribution < -0.4 is 5.32 Å². The predicted octanol–water partition coefficient (Wildman–Crippen LogP) is -0.621. The highest BCUT2D eigenvalue weighted by Gasteiger charge is 2.40. The third-order valence-electron chi connectivity index (χ3n) is 2.77. The number of aliphatic hydroxyl groups is 1. The molecule has 1 saturated heterocycles. The van der Waals surface area contributed by atoms with Gasteiger partial charge in [-0.2, -0.15) is 4.31 Å². The van der Waals surface area contributed by atoms with Gasteiger partial charge in [-0.1, -0.05) is 0 Å². The molecule has 2 N–H and O–H groups in total. The van der Waals surface area contributed by atoms with E-state index in [1.165, 1.54) is 11.4 Å². The van der Waals surface area contributed by atoms with Crippen LogP contribution in [0.2, 0.25) is 0 Å². The first kappa shape index (κ1) is 12.9. The molecule has 0 spiro atoms. The maximum absolute atomic E-state index is 12.1. The lowest BCUT2D eigenvalue weighted by Crippen LogP contribution is -2.50. The van der Waals surface area contributed by atoms with Crippen molar-refractivity contribution in [3.63, 3.8) is 0 Å².